The fourth-order valence-electron chi connectivity index (χ4n) is 5.02. The number of allylic oxidation sites excluding steroid dienone is 10. The second kappa shape index (κ2) is 21.7. The highest BCUT2D eigenvalue weighted by Crippen LogP contribution is 2.23. The Labute approximate surface area is 286 Å². The van der Waals surface area contributed by atoms with Gasteiger partial charge in [-0.2, -0.15) is 8.42 Å². The summed E-state index contributed by atoms with van der Waals surface area (Å²) in [7, 11) is -3.59. The molecule has 0 aromatic heterocycles. The van der Waals surface area contributed by atoms with Crippen molar-refractivity contribution in [1.82, 2.24) is 0 Å². The second-order valence-electron chi connectivity index (χ2n) is 12.7. The Morgan fingerprint density at radius 2 is 1.60 bits per heavy atom. The summed E-state index contributed by atoms with van der Waals surface area (Å²) in [6.07, 6.45) is 13.3. The van der Waals surface area contributed by atoms with Gasteiger partial charge in [-0.05, 0) is 63.5 Å². The number of Topliss-reactive ketones (excluding diaryl/α,β-unsaturated/α-hetero) is 1. The predicted octanol–water partition coefficient (Wildman–Crippen LogP) is 5.57. The molecule has 11 nitrogen and oxygen atoms in total. The average molecular weight is 695 g/mol. The number of rotatable bonds is 5. The summed E-state index contributed by atoms with van der Waals surface area (Å²) in [5.41, 5.74) is 0.794. The van der Waals surface area contributed by atoms with Crippen LogP contribution in [0, 0.1) is 23.7 Å². The molecule has 1 rings (SSSR count). The third-order valence-corrected chi connectivity index (χ3v) is 8.48. The van der Waals surface area contributed by atoms with E-state index < -0.39 is 58.4 Å². The van der Waals surface area contributed by atoms with Gasteiger partial charge in [0.05, 0.1) is 13.2 Å². The van der Waals surface area contributed by atoms with Crippen LogP contribution < -0.4 is 0 Å². The van der Waals surface area contributed by atoms with Gasteiger partial charge in [0.1, 0.15) is 18.3 Å². The smallest absolute Gasteiger partial charge is 0.397 e. The summed E-state index contributed by atoms with van der Waals surface area (Å²) in [5, 5.41) is 21.4. The van der Waals surface area contributed by atoms with Crippen LogP contribution in [-0.4, -0.2) is 72.2 Å². The van der Waals surface area contributed by atoms with Crippen LogP contribution in [0.5, 0.6) is 0 Å². The first kappa shape index (κ1) is 42.9. The number of esters is 1. The van der Waals surface area contributed by atoms with Gasteiger partial charge in [0.25, 0.3) is 0 Å². The lowest BCUT2D eigenvalue weighted by atomic mass is 9.88. The summed E-state index contributed by atoms with van der Waals surface area (Å²) in [6, 6.07) is 0. The van der Waals surface area contributed by atoms with Gasteiger partial charge in [-0.3, -0.25) is 14.1 Å². The van der Waals surface area contributed by atoms with Crippen LogP contribution in [-0.2, 0) is 38.4 Å². The first-order valence-electron chi connectivity index (χ1n) is 16.4. The molecule has 0 spiro atoms. The number of aliphatic hydroxyl groups excluding tert-OH is 2. The molecule has 3 N–H and O–H groups in total. The maximum Gasteiger partial charge on any atom is 0.397 e. The molecule has 0 radical (unpaired) electrons. The number of carbonyl (C=O) groups is 3. The molecule has 12 heteroatoms. The number of hydrogen-bond acceptors (Lipinski definition) is 10. The number of ether oxygens (including phenoxy) is 2. The Morgan fingerprint density at radius 3 is 2.23 bits per heavy atom. The number of methoxy groups -OCH3 is 1. The van der Waals surface area contributed by atoms with E-state index in [9.17, 15) is 37.6 Å². The van der Waals surface area contributed by atoms with E-state index in [0.29, 0.717) is 19.3 Å². The third-order valence-electron chi connectivity index (χ3n) is 7.99. The molecule has 1 heterocycles. The third kappa shape index (κ3) is 16.8. The van der Waals surface area contributed by atoms with Crippen molar-refractivity contribution in [3.05, 3.63) is 72.1 Å². The molecule has 48 heavy (non-hydrogen) atoms. The molecule has 0 unspecified atom stereocenters. The van der Waals surface area contributed by atoms with E-state index in [2.05, 4.69) is 4.18 Å². The van der Waals surface area contributed by atoms with Crippen molar-refractivity contribution in [2.45, 2.75) is 104 Å². The number of cyclic esters (lactones) is 1. The van der Waals surface area contributed by atoms with Crippen LogP contribution in [0.1, 0.15) is 80.1 Å². The van der Waals surface area contributed by atoms with Crippen molar-refractivity contribution in [3.63, 3.8) is 0 Å². The predicted molar refractivity (Wildman–Crippen MR) is 184 cm³/mol. The van der Waals surface area contributed by atoms with Crippen LogP contribution in [0.3, 0.4) is 0 Å². The van der Waals surface area contributed by atoms with Crippen molar-refractivity contribution in [2.24, 2.45) is 23.7 Å². The molecule has 0 fully saturated rings. The van der Waals surface area contributed by atoms with Crippen molar-refractivity contribution >= 4 is 27.9 Å². The van der Waals surface area contributed by atoms with Gasteiger partial charge < -0.3 is 19.7 Å². The minimum absolute atomic E-state index is 0.0336. The normalized spacial score (nSPS) is 30.7. The summed E-state index contributed by atoms with van der Waals surface area (Å²) in [6.45, 7) is 11.0. The SMILES string of the molecule is COC1=C/C=C/C=C/C=C/CCC[C@@H](OS(=O)(=O)O)[C@H](O)C(=O)[C@H](C)[C@H](O)CC[C@@H](C)C(=O)C=CC(C)=C[C@@H](C)[C@H](CC(C)C)OC1=O. The molecule has 270 valence electrons. The molecule has 0 saturated carbocycles. The van der Waals surface area contributed by atoms with E-state index in [1.165, 1.54) is 26.2 Å². The Hall–Kier alpha value is -3.16. The van der Waals surface area contributed by atoms with Crippen molar-refractivity contribution in [2.75, 3.05) is 7.11 Å². The molecule has 0 amide bonds. The Balaban J connectivity index is 3.33. The van der Waals surface area contributed by atoms with E-state index in [1.54, 1.807) is 49.5 Å². The standard InChI is InChI=1S/C36H54O11S/c1-24(2)22-33-27(5)23-25(3)18-20-29(37)26(4)19-21-30(38)28(6)34(39)35(40)31(47-48(42,43)44)16-14-12-10-8-9-11-13-15-17-32(45-7)36(41)46-33/h8-11,13,15,17-18,20,23-24,26-28,30-31,33,35,38,40H,12,14,16,19,21-22H2,1-7H3,(H,42,43,44)/b10-8+,11-9+,15-13+,20-18?,25-23?,32-17?/t26-,27-,28-,30-,31-,33+,35+/m1/s1. The lowest BCUT2D eigenvalue weighted by molar-refractivity contribution is -0.150. The zero-order chi connectivity index (χ0) is 36.4. The van der Waals surface area contributed by atoms with Crippen LogP contribution in [0.2, 0.25) is 0 Å². The van der Waals surface area contributed by atoms with Gasteiger partial charge in [-0.25, -0.2) is 8.98 Å². The molecule has 1 aliphatic rings. The van der Waals surface area contributed by atoms with E-state index in [-0.39, 0.29) is 42.6 Å². The molecule has 1 aliphatic heterocycles. The molecule has 7 atom stereocenters. The Bertz CT molecular complexity index is 1340. The number of aliphatic hydroxyl groups is 2. The van der Waals surface area contributed by atoms with Crippen molar-refractivity contribution in [3.8, 4) is 0 Å². The first-order valence-corrected chi connectivity index (χ1v) is 17.7. The first-order chi connectivity index (χ1) is 22.5. The summed E-state index contributed by atoms with van der Waals surface area (Å²) in [5.74, 6) is -3.08. The molecule has 0 aromatic rings. The van der Waals surface area contributed by atoms with E-state index >= 15 is 0 Å². The van der Waals surface area contributed by atoms with Gasteiger partial charge in [-0.15, -0.1) is 0 Å². The quantitative estimate of drug-likeness (QED) is 0.243. The zero-order valence-electron chi connectivity index (χ0n) is 29.2. The largest absolute Gasteiger partial charge is 0.490 e. The molecule has 0 bridgehead atoms. The Kier molecular flexibility index (Phi) is 19.4. The highest BCUT2D eigenvalue weighted by molar-refractivity contribution is 7.80. The van der Waals surface area contributed by atoms with Crippen LogP contribution in [0.25, 0.3) is 0 Å². The van der Waals surface area contributed by atoms with E-state index in [1.807, 2.05) is 33.8 Å². The summed E-state index contributed by atoms with van der Waals surface area (Å²) in [4.78, 5) is 38.8. The molecule has 0 aliphatic carbocycles. The lowest BCUT2D eigenvalue weighted by Crippen LogP contribution is -2.43. The maximum atomic E-state index is 13.0. The fourth-order valence-corrected chi connectivity index (χ4v) is 5.54. The molecular formula is C36H54O11S. The van der Waals surface area contributed by atoms with Crippen LogP contribution >= 0.6 is 0 Å². The second-order valence-corrected chi connectivity index (χ2v) is 13.7. The highest BCUT2D eigenvalue weighted by Gasteiger charge is 2.35. The fraction of sp³-hybridized carbons (Fsp3) is 0.583. The van der Waals surface area contributed by atoms with Gasteiger partial charge in [0.2, 0.25) is 5.76 Å². The maximum absolute atomic E-state index is 13.0. The minimum atomic E-state index is -4.98. The Morgan fingerprint density at radius 1 is 0.958 bits per heavy atom. The molecule has 0 aromatic carbocycles. The number of carbonyl (C=O) groups excluding carboxylic acids is 3. The van der Waals surface area contributed by atoms with Crippen molar-refractivity contribution in [1.29, 1.82) is 0 Å². The van der Waals surface area contributed by atoms with Gasteiger partial charge in [0.15, 0.2) is 11.6 Å². The van der Waals surface area contributed by atoms with Crippen LogP contribution in [0.15, 0.2) is 72.1 Å². The molecule has 0 saturated heterocycles. The van der Waals surface area contributed by atoms with Gasteiger partial charge >= 0.3 is 16.4 Å². The average Bonchev–Trinajstić information content (AvgIpc) is 3.01. The van der Waals surface area contributed by atoms with E-state index in [0.717, 1.165) is 5.57 Å². The van der Waals surface area contributed by atoms with Crippen molar-refractivity contribution < 1.29 is 51.2 Å². The highest BCUT2D eigenvalue weighted by atomic mass is 32.3. The number of ketones is 2. The van der Waals surface area contributed by atoms with Gasteiger partial charge in [0, 0.05) is 17.8 Å². The zero-order valence-corrected chi connectivity index (χ0v) is 30.0. The number of hydrogen-bond donors (Lipinski definition) is 3. The molecular weight excluding hydrogens is 640 g/mol. The monoisotopic (exact) mass is 694 g/mol. The summed E-state index contributed by atoms with van der Waals surface area (Å²) >= 11 is 0. The minimum Gasteiger partial charge on any atom is -0.490 e. The lowest BCUT2D eigenvalue weighted by Gasteiger charge is -2.25. The topological polar surface area (TPSA) is 174 Å². The van der Waals surface area contributed by atoms with E-state index in [4.69, 9.17) is 9.47 Å². The van der Waals surface area contributed by atoms with Gasteiger partial charge in [-0.1, -0.05) is 88.8 Å². The summed E-state index contributed by atoms with van der Waals surface area (Å²) < 4.78 is 47.8. The van der Waals surface area contributed by atoms with Crippen LogP contribution in [0.4, 0.5) is 0 Å².